The van der Waals surface area contributed by atoms with Crippen molar-refractivity contribution in [1.29, 1.82) is 0 Å². The number of benzene rings is 2. The molecule has 1 N–H and O–H groups in total. The second kappa shape index (κ2) is 12.4. The third kappa shape index (κ3) is 7.98. The minimum Gasteiger partial charge on any atom is -0.445 e. The van der Waals surface area contributed by atoms with E-state index in [0.717, 1.165) is 23.0 Å². The molecule has 2 aromatic carbocycles. The van der Waals surface area contributed by atoms with Crippen molar-refractivity contribution in [3.05, 3.63) is 76.8 Å². The van der Waals surface area contributed by atoms with Crippen LogP contribution in [0.15, 0.2) is 60.1 Å². The van der Waals surface area contributed by atoms with Gasteiger partial charge in [-0.2, -0.15) is 0 Å². The molecule has 0 bridgehead atoms. The van der Waals surface area contributed by atoms with Gasteiger partial charge in [0.25, 0.3) is 0 Å². The molecule has 6 heteroatoms. The molecule has 0 spiro atoms. The van der Waals surface area contributed by atoms with E-state index in [9.17, 15) is 4.79 Å². The predicted molar refractivity (Wildman–Crippen MR) is 143 cm³/mol. The van der Waals surface area contributed by atoms with Crippen molar-refractivity contribution in [3.63, 3.8) is 0 Å². The van der Waals surface area contributed by atoms with Gasteiger partial charge in [-0.05, 0) is 62.7 Å². The third-order valence-electron chi connectivity index (χ3n) is 6.86. The lowest BCUT2D eigenvalue weighted by molar-refractivity contribution is 0.00578. The van der Waals surface area contributed by atoms with E-state index in [4.69, 9.17) is 14.0 Å². The van der Waals surface area contributed by atoms with Crippen LogP contribution in [0.2, 0.25) is 0 Å². The molecule has 1 heterocycles. The molecule has 1 aliphatic rings. The summed E-state index contributed by atoms with van der Waals surface area (Å²) in [5.74, 6) is 0. The number of hydrogen-bond donors (Lipinski definition) is 1. The van der Waals surface area contributed by atoms with Crippen molar-refractivity contribution in [2.45, 2.75) is 84.5 Å². The van der Waals surface area contributed by atoms with Crippen LogP contribution in [0.3, 0.4) is 0 Å². The fraction of sp³-hybridized carbons (Fsp3) is 0.483. The van der Waals surface area contributed by atoms with Gasteiger partial charge in [-0.25, -0.2) is 4.79 Å². The molecule has 0 radical (unpaired) electrons. The van der Waals surface area contributed by atoms with Gasteiger partial charge < -0.3 is 19.4 Å². The summed E-state index contributed by atoms with van der Waals surface area (Å²) in [6, 6.07) is 18.2. The lowest BCUT2D eigenvalue weighted by Gasteiger charge is -2.32. The van der Waals surface area contributed by atoms with Gasteiger partial charge in [0.05, 0.1) is 11.2 Å². The standard InChI is InChI=1S/C29H40BNO4/c1-6-7-8-10-13-23-16-18-24(19-17-23)20-26(30-34-28(2,3)29(4,5)35-30)21-31-27(32)33-22-25-14-11-9-12-15-25/h9,11-12,14-20H,6-8,10,13,21-22H2,1-5H3,(H,31,32). The topological polar surface area (TPSA) is 56.8 Å². The summed E-state index contributed by atoms with van der Waals surface area (Å²) < 4.78 is 17.9. The van der Waals surface area contributed by atoms with Gasteiger partial charge in [0.1, 0.15) is 6.61 Å². The van der Waals surface area contributed by atoms with Crippen LogP contribution in [0.1, 0.15) is 77.0 Å². The summed E-state index contributed by atoms with van der Waals surface area (Å²) in [5.41, 5.74) is 3.25. The Kier molecular flexibility index (Phi) is 9.59. The first-order valence-electron chi connectivity index (χ1n) is 12.8. The molecule has 0 aliphatic carbocycles. The lowest BCUT2D eigenvalue weighted by Crippen LogP contribution is -2.41. The zero-order valence-corrected chi connectivity index (χ0v) is 21.9. The molecule has 2 aromatic rings. The van der Waals surface area contributed by atoms with Crippen LogP contribution in [-0.2, 0) is 27.1 Å². The first-order valence-corrected chi connectivity index (χ1v) is 12.8. The Morgan fingerprint density at radius 2 is 1.57 bits per heavy atom. The highest BCUT2D eigenvalue weighted by Gasteiger charge is 2.52. The molecule has 1 saturated heterocycles. The third-order valence-corrected chi connectivity index (χ3v) is 6.86. The molecule has 1 fully saturated rings. The van der Waals surface area contributed by atoms with E-state index in [1.165, 1.54) is 31.2 Å². The van der Waals surface area contributed by atoms with Crippen LogP contribution in [0.25, 0.3) is 6.08 Å². The number of ether oxygens (including phenoxy) is 1. The van der Waals surface area contributed by atoms with E-state index in [1.54, 1.807) is 0 Å². The highest BCUT2D eigenvalue weighted by atomic mass is 16.7. The molecule has 3 rings (SSSR count). The van der Waals surface area contributed by atoms with Crippen molar-refractivity contribution in [2.75, 3.05) is 6.54 Å². The average Bonchev–Trinajstić information content (AvgIpc) is 3.06. The maximum absolute atomic E-state index is 12.4. The Morgan fingerprint density at radius 3 is 2.20 bits per heavy atom. The molecule has 0 aromatic heterocycles. The summed E-state index contributed by atoms with van der Waals surface area (Å²) in [4.78, 5) is 12.4. The van der Waals surface area contributed by atoms with Gasteiger partial charge in [0, 0.05) is 6.54 Å². The van der Waals surface area contributed by atoms with Crippen LogP contribution < -0.4 is 5.32 Å². The van der Waals surface area contributed by atoms with Crippen LogP contribution in [-0.4, -0.2) is 31.0 Å². The number of unbranched alkanes of at least 4 members (excludes halogenated alkanes) is 3. The largest absolute Gasteiger partial charge is 0.492 e. The van der Waals surface area contributed by atoms with Crippen LogP contribution >= 0.6 is 0 Å². The minimum absolute atomic E-state index is 0.224. The second-order valence-electron chi connectivity index (χ2n) is 10.3. The number of nitrogens with one attached hydrogen (secondary N) is 1. The molecule has 0 saturated carbocycles. The number of rotatable bonds is 11. The van der Waals surface area contributed by atoms with Crippen molar-refractivity contribution in [1.82, 2.24) is 5.32 Å². The van der Waals surface area contributed by atoms with Crippen molar-refractivity contribution in [2.24, 2.45) is 0 Å². The van der Waals surface area contributed by atoms with E-state index in [0.29, 0.717) is 0 Å². The molecule has 35 heavy (non-hydrogen) atoms. The second-order valence-corrected chi connectivity index (χ2v) is 10.3. The van der Waals surface area contributed by atoms with Crippen LogP contribution in [0.5, 0.6) is 0 Å². The minimum atomic E-state index is -0.553. The Hall–Kier alpha value is -2.57. The molecular formula is C29H40BNO4. The number of amides is 1. The van der Waals surface area contributed by atoms with Crippen molar-refractivity contribution < 1.29 is 18.8 Å². The summed E-state index contributed by atoms with van der Waals surface area (Å²) in [6.45, 7) is 10.8. The molecule has 1 amide bonds. The fourth-order valence-corrected chi connectivity index (χ4v) is 3.90. The smallest absolute Gasteiger partial charge is 0.445 e. The molecule has 5 nitrogen and oxygen atoms in total. The molecule has 0 atom stereocenters. The summed E-state index contributed by atoms with van der Waals surface area (Å²) in [5, 5.41) is 2.87. The summed E-state index contributed by atoms with van der Waals surface area (Å²) >= 11 is 0. The average molecular weight is 477 g/mol. The first-order chi connectivity index (χ1) is 16.7. The Bertz CT molecular complexity index is 954. The van der Waals surface area contributed by atoms with Gasteiger partial charge in [-0.1, -0.05) is 86.9 Å². The maximum atomic E-state index is 12.4. The van der Waals surface area contributed by atoms with Crippen molar-refractivity contribution in [3.8, 4) is 0 Å². The number of hydrogen-bond acceptors (Lipinski definition) is 4. The van der Waals surface area contributed by atoms with Gasteiger partial charge in [-0.15, -0.1) is 0 Å². The molecule has 188 valence electrons. The van der Waals surface area contributed by atoms with Gasteiger partial charge in [0.15, 0.2) is 0 Å². The Morgan fingerprint density at radius 1 is 0.914 bits per heavy atom. The monoisotopic (exact) mass is 477 g/mol. The zero-order chi connectivity index (χ0) is 25.3. The number of carbonyl (C=O) groups is 1. The zero-order valence-electron chi connectivity index (χ0n) is 21.9. The van der Waals surface area contributed by atoms with E-state index < -0.39 is 24.4 Å². The predicted octanol–water partition coefficient (Wildman–Crippen LogP) is 6.75. The molecule has 1 aliphatic heterocycles. The van der Waals surface area contributed by atoms with E-state index in [-0.39, 0.29) is 13.2 Å². The first kappa shape index (κ1) is 27.0. The summed E-state index contributed by atoms with van der Waals surface area (Å²) in [6.07, 6.45) is 7.70. The van der Waals surface area contributed by atoms with Crippen LogP contribution in [0, 0.1) is 0 Å². The SMILES string of the molecule is CCCCCCc1ccc(C=C(CNC(=O)OCc2ccccc2)B2OC(C)(C)C(C)(C)O2)cc1. The normalized spacial score (nSPS) is 16.8. The van der Waals surface area contributed by atoms with Gasteiger partial charge >= 0.3 is 13.2 Å². The fourth-order valence-electron chi connectivity index (χ4n) is 3.90. The Balaban J connectivity index is 1.67. The Labute approximate surface area is 211 Å². The highest BCUT2D eigenvalue weighted by molar-refractivity contribution is 6.56. The van der Waals surface area contributed by atoms with Gasteiger partial charge in [-0.3, -0.25) is 0 Å². The van der Waals surface area contributed by atoms with E-state index in [1.807, 2.05) is 64.1 Å². The van der Waals surface area contributed by atoms with E-state index in [2.05, 4.69) is 36.5 Å². The lowest BCUT2D eigenvalue weighted by atomic mass is 9.77. The highest BCUT2D eigenvalue weighted by Crippen LogP contribution is 2.38. The number of carbonyl (C=O) groups excluding carboxylic acids is 1. The molecule has 0 unspecified atom stereocenters. The van der Waals surface area contributed by atoms with Crippen LogP contribution in [0.4, 0.5) is 4.79 Å². The number of alkyl carbamates (subject to hydrolysis) is 1. The quantitative estimate of drug-likeness (QED) is 0.287. The summed E-state index contributed by atoms with van der Waals surface area (Å²) in [7, 11) is -0.553. The number of aryl methyl sites for hydroxylation is 1. The molecular weight excluding hydrogens is 437 g/mol. The van der Waals surface area contributed by atoms with E-state index >= 15 is 0 Å². The van der Waals surface area contributed by atoms with Gasteiger partial charge in [0.2, 0.25) is 0 Å². The van der Waals surface area contributed by atoms with Crippen molar-refractivity contribution >= 4 is 19.3 Å². The maximum Gasteiger partial charge on any atom is 0.492 e.